The summed E-state index contributed by atoms with van der Waals surface area (Å²) in [6.45, 7) is 8.18. The Hall–Kier alpha value is -15.2. The number of H-pyrrole nitrogens is 2. The number of carbonyl (C=O) groups excluding carboxylic acids is 10. The first-order valence-corrected chi connectivity index (χ1v) is 42.6. The average Bonchev–Trinajstić information content (AvgIpc) is 1.70. The predicted molar refractivity (Wildman–Crippen MR) is 487 cm³/mol. The molecule has 31 nitrogen and oxygen atoms in total. The maximum atomic E-state index is 15.9. The number of hydrogen-bond donors (Lipinski definition) is 7. The Morgan fingerprint density at radius 1 is 0.489 bits per heavy atom. The molecule has 0 saturated carbocycles. The van der Waals surface area contributed by atoms with Gasteiger partial charge in [0.1, 0.15) is 78.9 Å². The molecule has 9 heterocycles. The minimum atomic E-state index is -1.46. The third-order valence-electron chi connectivity index (χ3n) is 23.2. The minimum absolute atomic E-state index is 0.0954. The summed E-state index contributed by atoms with van der Waals surface area (Å²) in [6.07, 6.45) is -2.06. The number of imidazole rings is 3. The van der Waals surface area contributed by atoms with E-state index in [2.05, 4.69) is 68.1 Å². The van der Waals surface area contributed by atoms with E-state index in [0.29, 0.717) is 107 Å². The Kier molecular flexibility index (Phi) is 26.1. The third kappa shape index (κ3) is 18.3. The number of nitrogens with two attached hydrogens (primary N) is 1. The van der Waals surface area contributed by atoms with Crippen molar-refractivity contribution in [2.24, 2.45) is 5.73 Å². The van der Waals surface area contributed by atoms with Crippen molar-refractivity contribution in [3.63, 3.8) is 0 Å². The lowest BCUT2D eigenvalue weighted by Crippen LogP contribution is -2.44. The lowest BCUT2D eigenvalue weighted by atomic mass is 9.99. The van der Waals surface area contributed by atoms with Crippen LogP contribution in [0.1, 0.15) is 88.8 Å². The van der Waals surface area contributed by atoms with Crippen molar-refractivity contribution in [2.45, 2.75) is 110 Å². The van der Waals surface area contributed by atoms with Gasteiger partial charge in [-0.3, -0.25) is 67.3 Å². The van der Waals surface area contributed by atoms with E-state index in [-0.39, 0.29) is 148 Å². The summed E-state index contributed by atoms with van der Waals surface area (Å²) >= 11 is 13.4. The number of fused-ring (bicyclic) bond motifs is 6. The molecule has 8 N–H and O–H groups in total. The van der Waals surface area contributed by atoms with E-state index in [4.69, 9.17) is 33.7 Å². The number of methoxy groups -OCH3 is 1. The van der Waals surface area contributed by atoms with Crippen LogP contribution in [0.25, 0.3) is 99.2 Å². The molecule has 3 fully saturated rings. The highest BCUT2D eigenvalue weighted by molar-refractivity contribution is 6.38. The van der Waals surface area contributed by atoms with Gasteiger partial charge in [0.05, 0.1) is 111 Å². The first-order valence-electron chi connectivity index (χ1n) is 41.8. The molecule has 6 amide bonds. The first-order chi connectivity index (χ1) is 63.8. The molecule has 0 radical (unpaired) electrons. The van der Waals surface area contributed by atoms with Crippen molar-refractivity contribution in [3.05, 3.63) is 239 Å². The molecule has 680 valence electrons. The van der Waals surface area contributed by atoms with Crippen LogP contribution in [0.5, 0.6) is 0 Å². The number of halogens is 8. The number of alkyl halides is 3. The second-order valence-corrected chi connectivity index (χ2v) is 32.7. The van der Waals surface area contributed by atoms with E-state index >= 15 is 13.2 Å². The summed E-state index contributed by atoms with van der Waals surface area (Å²) in [4.78, 5) is 151. The number of benzene rings is 9. The van der Waals surface area contributed by atoms with Gasteiger partial charge in [-0.15, -0.1) is 0 Å². The minimum Gasteiger partial charge on any atom is -0.483 e. The van der Waals surface area contributed by atoms with Crippen molar-refractivity contribution >= 4 is 171 Å². The molecule has 0 spiro atoms. The van der Waals surface area contributed by atoms with Gasteiger partial charge in [0.15, 0.2) is 46.5 Å². The molecule has 3 aliphatic rings. The molecule has 6 atom stereocenters. The van der Waals surface area contributed by atoms with Gasteiger partial charge in [0, 0.05) is 103 Å². The zero-order valence-corrected chi connectivity index (χ0v) is 73.1. The largest absolute Gasteiger partial charge is 0.483 e. The number of anilines is 4. The van der Waals surface area contributed by atoms with Crippen LogP contribution in [0.15, 0.2) is 189 Å². The van der Waals surface area contributed by atoms with Gasteiger partial charge in [0.25, 0.3) is 0 Å². The van der Waals surface area contributed by atoms with Gasteiger partial charge >= 0.3 is 0 Å². The Balaban J connectivity index is 0.000000145. The number of nitrogens with one attached hydrogen (secondary N) is 6. The number of amides is 6. The van der Waals surface area contributed by atoms with Crippen LogP contribution < -0.4 is 27.0 Å². The van der Waals surface area contributed by atoms with Gasteiger partial charge < -0.3 is 55.7 Å². The van der Waals surface area contributed by atoms with E-state index in [9.17, 15) is 61.1 Å². The highest BCUT2D eigenvalue weighted by atomic mass is 35.5. The lowest BCUT2D eigenvalue weighted by molar-refractivity contribution is -0.137. The molecule has 0 unspecified atom stereocenters. The first kappa shape index (κ1) is 91.1. The molecular formula is C94H82Cl2F6N20O11. The van der Waals surface area contributed by atoms with Crippen LogP contribution in [0.2, 0.25) is 10.0 Å². The molecule has 6 aromatic heterocycles. The van der Waals surface area contributed by atoms with Gasteiger partial charge in [-0.25, -0.2) is 41.3 Å². The lowest BCUT2D eigenvalue weighted by Gasteiger charge is -2.24. The number of likely N-dealkylation sites (tertiary alicyclic amines) is 3. The van der Waals surface area contributed by atoms with Crippen molar-refractivity contribution in [1.29, 1.82) is 0 Å². The maximum Gasteiger partial charge on any atom is 0.247 e. The van der Waals surface area contributed by atoms with E-state index in [1.54, 1.807) is 132 Å². The number of ketones is 4. The van der Waals surface area contributed by atoms with E-state index in [1.807, 2.05) is 0 Å². The number of carbonyl (C=O) groups is 10. The summed E-state index contributed by atoms with van der Waals surface area (Å²) < 4.78 is 102. The van der Waals surface area contributed by atoms with Crippen molar-refractivity contribution in [1.82, 2.24) is 73.5 Å². The fourth-order valence-electron chi connectivity index (χ4n) is 16.9. The standard InChI is InChI=1S/C32H28ClF2N7O4.C31H28ClF2N7O3.C31H26F2N6O4/c1-16(43)29-21-7-4-5-10-24(21)42(40-29)15-26(44)41-14-18(34)13-25(41)31(45)37-22-9-6-8-20(28(22)35)19-11-12-23-30(27(19)33)39-32(38-23)36-17(2)46-3;1-17(42)29-21-5-2-3-8-24(21)41(38-29)15-26(43)40-14-18(33)13-25(40)31(44)37-22-7-4-6-20(28(22)34)19-9-10-23-30(27(19)32)39(12-11-35)16-36-23;1-16(40)22-10-18(11-24-30(22)35-15-34-24)20-7-5-8-23(28(20)33)36-31(43)26-12-19(32)13-38(26)27(42)14-39-25-9-4-3-6-21(25)29(37-39)17(2)41/h4-12,18,25H,2,13-15H2,1,3H3,(H,37,45)(H2,36,38,39);2-10,16,18,25H,11-15,35H2,1H3,(H,37,44);3-11,15,19,26H,12-14H2,1-2H3,(H,34,35)(H,36,43)/t2*18-,25+;19-,26+/m111/s1. The zero-order valence-electron chi connectivity index (χ0n) is 71.6. The Morgan fingerprint density at radius 2 is 0.910 bits per heavy atom. The van der Waals surface area contributed by atoms with E-state index < -0.39 is 89.5 Å². The molecule has 0 bridgehead atoms. The summed E-state index contributed by atoms with van der Waals surface area (Å²) in [5.41, 5.74) is 12.5. The fourth-order valence-corrected chi connectivity index (χ4v) is 17.6. The number of para-hydroxylation sites is 3. The second-order valence-electron chi connectivity index (χ2n) is 32.0. The van der Waals surface area contributed by atoms with Crippen LogP contribution in [0, 0.1) is 17.5 Å². The summed E-state index contributed by atoms with van der Waals surface area (Å²) in [6, 6.07) is 40.4. The Bertz CT molecular complexity index is 7270. The van der Waals surface area contributed by atoms with Crippen LogP contribution in [0.4, 0.5) is 49.4 Å². The van der Waals surface area contributed by atoms with Gasteiger partial charge in [-0.05, 0) is 79.7 Å². The Morgan fingerprint density at radius 3 is 1.34 bits per heavy atom. The molecule has 39 heteroatoms. The number of Topliss-reactive ketones (excluding diaryl/α,β-unsaturated/α-hetero) is 4. The fraction of sp³-hybridized carbons (Fsp3) is 0.234. The van der Waals surface area contributed by atoms with E-state index in [1.165, 1.54) is 97.6 Å². The summed E-state index contributed by atoms with van der Waals surface area (Å²) in [7, 11) is 1.45. The number of hydrogen-bond acceptors (Lipinski definition) is 19. The quantitative estimate of drug-likeness (QED) is 0.0168. The highest BCUT2D eigenvalue weighted by Gasteiger charge is 2.44. The van der Waals surface area contributed by atoms with Crippen molar-refractivity contribution < 1.29 is 79.0 Å². The summed E-state index contributed by atoms with van der Waals surface area (Å²) in [5, 5.41) is 25.5. The van der Waals surface area contributed by atoms with Gasteiger partial charge in [0.2, 0.25) is 41.4 Å². The molecule has 3 saturated heterocycles. The molecule has 3 aliphatic heterocycles. The van der Waals surface area contributed by atoms with Crippen LogP contribution >= 0.6 is 23.2 Å². The third-order valence-corrected chi connectivity index (χ3v) is 24.0. The SMILES string of the molecule is C=C(Nc1nc2c(Cl)c(-c3cccc(NC(=O)[C@@H]4C[C@@H](F)CN4C(=O)Cn4nc(C(C)=O)c5ccccc54)c3F)ccc2[nH]1)OC.CC(=O)c1nn(CC(=O)N2C[C@H](F)C[C@H]2C(=O)Nc2cccc(-c3cc(C(C)=O)c4nc[nH]c4c3)c2F)c2ccccc12.CC(=O)c1nn(CC(=O)N2C[C@H](F)C[C@H]2C(=O)Nc2cccc(-c3ccc4ncn(CCN)c4c3Cl)c2F)c2ccccc12. The van der Waals surface area contributed by atoms with Crippen molar-refractivity contribution in [3.8, 4) is 33.4 Å². The maximum absolute atomic E-state index is 15.9. The predicted octanol–water partition coefficient (Wildman–Crippen LogP) is 15.0. The zero-order chi connectivity index (χ0) is 94.2. The van der Waals surface area contributed by atoms with E-state index in [0.717, 1.165) is 14.7 Å². The van der Waals surface area contributed by atoms with Crippen molar-refractivity contribution in [2.75, 3.05) is 54.6 Å². The number of nitrogens with zero attached hydrogens (tertiary/aromatic N) is 13. The number of aromatic nitrogens is 12. The number of rotatable bonds is 24. The average molecular weight is 1850 g/mol. The highest BCUT2D eigenvalue weighted by Crippen LogP contribution is 2.42. The molecule has 133 heavy (non-hydrogen) atoms. The topological polar surface area (TPSA) is 392 Å². The van der Waals surface area contributed by atoms with Crippen LogP contribution in [-0.4, -0.2) is 202 Å². The number of aromatic amines is 2. The normalized spacial score (nSPS) is 16.5. The Labute approximate surface area is 761 Å². The molecule has 18 rings (SSSR count). The van der Waals surface area contributed by atoms with Crippen LogP contribution in [0.3, 0.4) is 0 Å². The monoisotopic (exact) mass is 1850 g/mol. The molecule has 0 aliphatic carbocycles. The van der Waals surface area contributed by atoms with Gasteiger partial charge in [-0.2, -0.15) is 15.3 Å². The second kappa shape index (κ2) is 38.1. The van der Waals surface area contributed by atoms with Gasteiger partial charge in [-0.1, -0.05) is 126 Å². The molecule has 15 aromatic rings. The molecule has 9 aromatic carbocycles. The smallest absolute Gasteiger partial charge is 0.247 e. The summed E-state index contributed by atoms with van der Waals surface area (Å²) in [5.74, 6) is -6.64. The van der Waals surface area contributed by atoms with Crippen LogP contribution in [-0.2, 0) is 59.7 Å². The number of ether oxygens (including phenoxy) is 1. The molecular weight excluding hydrogens is 1770 g/mol.